The van der Waals surface area contributed by atoms with Crippen LogP contribution < -0.4 is 14.8 Å². The number of aromatic nitrogens is 4. The summed E-state index contributed by atoms with van der Waals surface area (Å²) in [4.78, 5) is 9.07. The number of nitrogens with zero attached hydrogens (tertiary/aromatic N) is 4. The SMILES string of the molecule is COc1cc(C)c(S(=O)(=O)NCCNc2cc(-n3nc(C)cc3C)nc(C)n2)cc1C. The summed E-state index contributed by atoms with van der Waals surface area (Å²) in [5.41, 5.74) is 3.27. The molecule has 0 aliphatic rings. The van der Waals surface area contributed by atoms with Crippen LogP contribution in [0.15, 0.2) is 29.2 Å². The van der Waals surface area contributed by atoms with Crippen LogP contribution in [0.5, 0.6) is 5.75 Å². The Bertz CT molecular complexity index is 1200. The molecule has 2 N–H and O–H groups in total. The molecule has 166 valence electrons. The molecule has 0 unspecified atom stereocenters. The summed E-state index contributed by atoms with van der Waals surface area (Å²) < 4.78 is 35.1. The maximum Gasteiger partial charge on any atom is 0.240 e. The van der Waals surface area contributed by atoms with Crippen molar-refractivity contribution in [3.05, 3.63) is 52.6 Å². The number of hydrogen-bond donors (Lipinski definition) is 2. The number of rotatable bonds is 8. The molecule has 0 aliphatic carbocycles. The van der Waals surface area contributed by atoms with Gasteiger partial charge in [-0.2, -0.15) is 5.10 Å². The fraction of sp³-hybridized carbons (Fsp3) is 0.381. The van der Waals surface area contributed by atoms with Crippen molar-refractivity contribution in [2.75, 3.05) is 25.5 Å². The van der Waals surface area contributed by atoms with Gasteiger partial charge in [0.25, 0.3) is 0 Å². The molecule has 0 saturated carbocycles. The van der Waals surface area contributed by atoms with E-state index in [9.17, 15) is 8.42 Å². The van der Waals surface area contributed by atoms with Gasteiger partial charge in [0.1, 0.15) is 17.4 Å². The van der Waals surface area contributed by atoms with Gasteiger partial charge in [0.2, 0.25) is 10.0 Å². The van der Waals surface area contributed by atoms with Crippen LogP contribution in [0.4, 0.5) is 5.82 Å². The van der Waals surface area contributed by atoms with Crippen LogP contribution in [0, 0.1) is 34.6 Å². The second-order valence-electron chi connectivity index (χ2n) is 7.41. The van der Waals surface area contributed by atoms with Crippen molar-refractivity contribution in [3.8, 4) is 11.6 Å². The number of methoxy groups -OCH3 is 1. The van der Waals surface area contributed by atoms with E-state index < -0.39 is 10.0 Å². The third-order valence-corrected chi connectivity index (χ3v) is 6.36. The lowest BCUT2D eigenvalue weighted by molar-refractivity contribution is 0.411. The highest BCUT2D eigenvalue weighted by molar-refractivity contribution is 7.89. The number of ether oxygens (including phenoxy) is 1. The number of hydrogen-bond acceptors (Lipinski definition) is 7. The first kappa shape index (κ1) is 22.7. The van der Waals surface area contributed by atoms with E-state index in [1.54, 1.807) is 43.8 Å². The van der Waals surface area contributed by atoms with Crippen LogP contribution in [0.3, 0.4) is 0 Å². The summed E-state index contributed by atoms with van der Waals surface area (Å²) in [7, 11) is -2.08. The van der Waals surface area contributed by atoms with E-state index in [4.69, 9.17) is 4.74 Å². The molecule has 0 aliphatic heterocycles. The average molecular weight is 445 g/mol. The summed E-state index contributed by atoms with van der Waals surface area (Å²) in [6.45, 7) is 9.82. The fourth-order valence-corrected chi connectivity index (χ4v) is 4.68. The van der Waals surface area contributed by atoms with Crippen molar-refractivity contribution in [2.45, 2.75) is 39.5 Å². The Labute approximate surface area is 182 Å². The maximum absolute atomic E-state index is 12.7. The Morgan fingerprint density at radius 1 is 0.968 bits per heavy atom. The van der Waals surface area contributed by atoms with E-state index in [2.05, 4.69) is 25.1 Å². The van der Waals surface area contributed by atoms with Crippen molar-refractivity contribution in [2.24, 2.45) is 0 Å². The quantitative estimate of drug-likeness (QED) is 0.514. The van der Waals surface area contributed by atoms with Crippen molar-refractivity contribution in [3.63, 3.8) is 0 Å². The third-order valence-electron chi connectivity index (χ3n) is 4.76. The molecule has 31 heavy (non-hydrogen) atoms. The molecule has 0 spiro atoms. The molecule has 3 aromatic rings. The van der Waals surface area contributed by atoms with Gasteiger partial charge in [-0.25, -0.2) is 27.8 Å². The molecule has 0 saturated heterocycles. The second kappa shape index (κ2) is 9.03. The number of anilines is 1. The Balaban J connectivity index is 1.67. The Hall–Kier alpha value is -2.98. The minimum absolute atomic E-state index is 0.200. The minimum atomic E-state index is -3.65. The molecule has 0 fully saturated rings. The van der Waals surface area contributed by atoms with Gasteiger partial charge in [-0.1, -0.05) is 0 Å². The molecule has 0 atom stereocenters. The highest BCUT2D eigenvalue weighted by atomic mass is 32.2. The van der Waals surface area contributed by atoms with E-state index in [0.717, 1.165) is 17.0 Å². The van der Waals surface area contributed by atoms with Gasteiger partial charge in [-0.3, -0.25) is 0 Å². The molecule has 9 nitrogen and oxygen atoms in total. The van der Waals surface area contributed by atoms with Gasteiger partial charge in [-0.05, 0) is 63.9 Å². The molecule has 0 radical (unpaired) electrons. The molecular weight excluding hydrogens is 416 g/mol. The van der Waals surface area contributed by atoms with E-state index in [1.807, 2.05) is 26.8 Å². The number of aryl methyl sites for hydroxylation is 5. The zero-order valence-corrected chi connectivity index (χ0v) is 19.5. The van der Waals surface area contributed by atoms with Gasteiger partial charge in [0, 0.05) is 24.8 Å². The van der Waals surface area contributed by atoms with Crippen molar-refractivity contribution < 1.29 is 13.2 Å². The smallest absolute Gasteiger partial charge is 0.240 e. The van der Waals surface area contributed by atoms with E-state index in [0.29, 0.717) is 35.3 Å². The molecule has 2 heterocycles. The van der Waals surface area contributed by atoms with Crippen LogP contribution in [0.25, 0.3) is 5.82 Å². The normalized spacial score (nSPS) is 11.5. The fourth-order valence-electron chi connectivity index (χ4n) is 3.34. The zero-order valence-electron chi connectivity index (χ0n) is 18.6. The lowest BCUT2D eigenvalue weighted by Gasteiger charge is -2.13. The topological polar surface area (TPSA) is 111 Å². The minimum Gasteiger partial charge on any atom is -0.496 e. The van der Waals surface area contributed by atoms with Gasteiger partial charge in [0.05, 0.1) is 17.7 Å². The lowest BCUT2D eigenvalue weighted by atomic mass is 10.1. The zero-order chi connectivity index (χ0) is 22.8. The van der Waals surface area contributed by atoms with Crippen LogP contribution in [0.1, 0.15) is 28.3 Å². The van der Waals surface area contributed by atoms with Gasteiger partial charge >= 0.3 is 0 Å². The molecule has 1 aromatic carbocycles. The Morgan fingerprint density at radius 3 is 2.35 bits per heavy atom. The second-order valence-corrected chi connectivity index (χ2v) is 9.14. The van der Waals surface area contributed by atoms with E-state index in [-0.39, 0.29) is 11.4 Å². The standard InChI is InChI=1S/C21H28N6O3S/c1-13-10-19(14(2)9-18(13)30-6)31(28,29)23-8-7-22-20-12-21(25-17(5)24-20)27-16(4)11-15(3)26-27/h9-12,23H,7-8H2,1-6H3,(H,22,24,25). The number of sulfonamides is 1. The molecular formula is C21H28N6O3S. The lowest BCUT2D eigenvalue weighted by Crippen LogP contribution is -2.29. The number of benzene rings is 1. The van der Waals surface area contributed by atoms with E-state index in [1.165, 1.54) is 0 Å². The highest BCUT2D eigenvalue weighted by Gasteiger charge is 2.18. The molecule has 0 bridgehead atoms. The first-order chi connectivity index (χ1) is 14.6. The predicted octanol–water partition coefficient (Wildman–Crippen LogP) is 2.60. The molecule has 10 heteroatoms. The summed E-state index contributed by atoms with van der Waals surface area (Å²) >= 11 is 0. The van der Waals surface area contributed by atoms with Gasteiger partial charge in [-0.15, -0.1) is 0 Å². The number of nitrogens with one attached hydrogen (secondary N) is 2. The van der Waals surface area contributed by atoms with Gasteiger partial charge < -0.3 is 10.1 Å². The average Bonchev–Trinajstić information content (AvgIpc) is 3.04. The largest absolute Gasteiger partial charge is 0.496 e. The summed E-state index contributed by atoms with van der Waals surface area (Å²) in [6.07, 6.45) is 0. The Kier molecular flexibility index (Phi) is 6.61. The van der Waals surface area contributed by atoms with Gasteiger partial charge in [0.15, 0.2) is 5.82 Å². The van der Waals surface area contributed by atoms with Crippen LogP contribution >= 0.6 is 0 Å². The summed E-state index contributed by atoms with van der Waals surface area (Å²) in [5.74, 6) is 2.52. The van der Waals surface area contributed by atoms with Crippen LogP contribution in [-0.4, -0.2) is 48.4 Å². The van der Waals surface area contributed by atoms with Crippen LogP contribution in [0.2, 0.25) is 0 Å². The molecule has 0 amide bonds. The maximum atomic E-state index is 12.7. The first-order valence-electron chi connectivity index (χ1n) is 9.89. The molecule has 2 aromatic heterocycles. The Morgan fingerprint density at radius 2 is 1.71 bits per heavy atom. The van der Waals surface area contributed by atoms with E-state index >= 15 is 0 Å². The summed E-state index contributed by atoms with van der Waals surface area (Å²) in [6, 6.07) is 7.12. The summed E-state index contributed by atoms with van der Waals surface area (Å²) in [5, 5.41) is 7.60. The third kappa shape index (κ3) is 5.20. The van der Waals surface area contributed by atoms with Crippen molar-refractivity contribution in [1.82, 2.24) is 24.5 Å². The highest BCUT2D eigenvalue weighted by Crippen LogP contribution is 2.25. The first-order valence-corrected chi connectivity index (χ1v) is 11.4. The monoisotopic (exact) mass is 444 g/mol. The van der Waals surface area contributed by atoms with Crippen molar-refractivity contribution in [1.29, 1.82) is 0 Å². The van der Waals surface area contributed by atoms with Crippen LogP contribution in [-0.2, 0) is 10.0 Å². The molecule has 3 rings (SSSR count). The van der Waals surface area contributed by atoms with Crippen molar-refractivity contribution >= 4 is 15.8 Å². The predicted molar refractivity (Wildman–Crippen MR) is 120 cm³/mol.